The molecule has 1 saturated carbocycles. The lowest BCUT2D eigenvalue weighted by molar-refractivity contribution is -0.291. The van der Waals surface area contributed by atoms with E-state index in [0.29, 0.717) is 37.4 Å². The van der Waals surface area contributed by atoms with Crippen LogP contribution in [0.25, 0.3) is 0 Å². The minimum atomic E-state index is -1.56. The first-order valence-corrected chi connectivity index (χ1v) is 10.6. The molecule has 27 heavy (non-hydrogen) atoms. The summed E-state index contributed by atoms with van der Waals surface area (Å²) < 4.78 is 48.1. The van der Waals surface area contributed by atoms with Crippen LogP contribution < -0.4 is 0 Å². The normalized spacial score (nSPS) is 37.7. The molecule has 3 fully saturated rings. The van der Waals surface area contributed by atoms with Crippen LogP contribution in [0.2, 0.25) is 0 Å². The topological polar surface area (TPSA) is 36.9 Å². The molecule has 0 spiro atoms. The highest BCUT2D eigenvalue weighted by atomic mass is 19.3. The molecule has 3 rings (SSSR count). The van der Waals surface area contributed by atoms with Crippen LogP contribution in [0.5, 0.6) is 0 Å². The van der Waals surface area contributed by atoms with Crippen molar-refractivity contribution in [2.24, 2.45) is 23.7 Å². The maximum atomic E-state index is 12.1. The highest BCUT2D eigenvalue weighted by molar-refractivity contribution is 4.83. The van der Waals surface area contributed by atoms with Gasteiger partial charge in [-0.1, -0.05) is 13.3 Å². The van der Waals surface area contributed by atoms with Crippen LogP contribution in [0.4, 0.5) is 8.78 Å². The zero-order chi connectivity index (χ0) is 19.1. The van der Waals surface area contributed by atoms with Crippen molar-refractivity contribution in [3.63, 3.8) is 0 Å². The number of hydrogen-bond donors (Lipinski definition) is 0. The smallest absolute Gasteiger partial charge is 0.266 e. The Balaban J connectivity index is 1.32. The van der Waals surface area contributed by atoms with Gasteiger partial charge in [0, 0.05) is 11.8 Å². The summed E-state index contributed by atoms with van der Waals surface area (Å²) in [7, 11) is 0. The minimum absolute atomic E-state index is 0.137. The van der Waals surface area contributed by atoms with E-state index in [1.165, 1.54) is 0 Å². The molecule has 0 aromatic rings. The van der Waals surface area contributed by atoms with Crippen LogP contribution in [0.15, 0.2) is 12.2 Å². The first-order chi connectivity index (χ1) is 13.2. The minimum Gasteiger partial charge on any atom is -0.352 e. The molecule has 0 unspecified atom stereocenters. The van der Waals surface area contributed by atoms with E-state index in [2.05, 4.69) is 6.92 Å². The standard InChI is InChI=1S/C21H34F2O4/c1-2-4-16-11-24-21(25-12-16)18-13-26-20(27-14-18)17-9-7-15(8-10-17)5-3-6-19(22)23/h6,15-18,20-21H,2-5,7-14H2,1H3. The molecule has 2 saturated heterocycles. The van der Waals surface area contributed by atoms with Crippen LogP contribution in [0.1, 0.15) is 58.3 Å². The molecule has 0 bridgehead atoms. The molecule has 2 heterocycles. The molecule has 2 aliphatic heterocycles. The highest BCUT2D eigenvalue weighted by Gasteiger charge is 2.37. The monoisotopic (exact) mass is 388 g/mol. The predicted octanol–water partition coefficient (Wildman–Crippen LogP) is 5.13. The van der Waals surface area contributed by atoms with Gasteiger partial charge in [-0.05, 0) is 56.9 Å². The molecule has 0 aromatic heterocycles. The van der Waals surface area contributed by atoms with Crippen molar-refractivity contribution in [1.29, 1.82) is 0 Å². The Kier molecular flexibility index (Phi) is 8.49. The zero-order valence-electron chi connectivity index (χ0n) is 16.4. The summed E-state index contributed by atoms with van der Waals surface area (Å²) in [6.45, 7) is 4.96. The van der Waals surface area contributed by atoms with Gasteiger partial charge in [0.1, 0.15) is 0 Å². The molecule has 0 radical (unpaired) electrons. The maximum Gasteiger partial charge on any atom is 0.266 e. The van der Waals surface area contributed by atoms with E-state index in [-0.39, 0.29) is 18.5 Å². The lowest BCUT2D eigenvalue weighted by Crippen LogP contribution is -2.46. The fourth-order valence-electron chi connectivity index (χ4n) is 4.54. The molecular formula is C21H34F2O4. The van der Waals surface area contributed by atoms with Gasteiger partial charge in [0.2, 0.25) is 0 Å². The molecule has 156 valence electrons. The fourth-order valence-corrected chi connectivity index (χ4v) is 4.54. The second kappa shape index (κ2) is 10.8. The summed E-state index contributed by atoms with van der Waals surface area (Å²) in [6, 6.07) is 0. The van der Waals surface area contributed by atoms with Gasteiger partial charge < -0.3 is 18.9 Å². The Hall–Kier alpha value is -0.560. The summed E-state index contributed by atoms with van der Waals surface area (Å²) in [6.07, 6.45) is 7.03. The third kappa shape index (κ3) is 6.48. The zero-order valence-corrected chi connectivity index (χ0v) is 16.4. The molecule has 0 N–H and O–H groups in total. The SMILES string of the molecule is CCCC1COC(C2COC(C3CCC(CCC=C(F)F)CC3)OC2)OC1. The second-order valence-electron chi connectivity index (χ2n) is 8.34. The predicted molar refractivity (Wildman–Crippen MR) is 98.3 cm³/mol. The molecule has 0 aromatic carbocycles. The van der Waals surface area contributed by atoms with E-state index >= 15 is 0 Å². The first kappa shape index (κ1) is 21.2. The van der Waals surface area contributed by atoms with E-state index in [1.807, 2.05) is 0 Å². The summed E-state index contributed by atoms with van der Waals surface area (Å²) in [5.41, 5.74) is 0. The van der Waals surface area contributed by atoms with Gasteiger partial charge in [0.15, 0.2) is 12.6 Å². The van der Waals surface area contributed by atoms with Crippen molar-refractivity contribution in [2.45, 2.75) is 70.9 Å². The highest BCUT2D eigenvalue weighted by Crippen LogP contribution is 2.36. The van der Waals surface area contributed by atoms with Crippen molar-refractivity contribution < 1.29 is 27.7 Å². The van der Waals surface area contributed by atoms with Crippen LogP contribution in [-0.2, 0) is 18.9 Å². The summed E-state index contributed by atoms with van der Waals surface area (Å²) in [5.74, 6) is 1.62. The summed E-state index contributed by atoms with van der Waals surface area (Å²) in [5, 5.41) is 0. The molecule has 1 aliphatic carbocycles. The Morgan fingerprint density at radius 3 is 1.96 bits per heavy atom. The van der Waals surface area contributed by atoms with Crippen LogP contribution in [-0.4, -0.2) is 39.0 Å². The first-order valence-electron chi connectivity index (χ1n) is 10.6. The van der Waals surface area contributed by atoms with Crippen LogP contribution >= 0.6 is 0 Å². The number of rotatable bonds is 7. The number of halogens is 2. The number of ether oxygens (including phenoxy) is 4. The second-order valence-corrected chi connectivity index (χ2v) is 8.34. The Bertz CT molecular complexity index is 445. The quantitative estimate of drug-likeness (QED) is 0.606. The van der Waals surface area contributed by atoms with Crippen molar-refractivity contribution in [2.75, 3.05) is 26.4 Å². The largest absolute Gasteiger partial charge is 0.352 e. The lowest BCUT2D eigenvalue weighted by Gasteiger charge is -2.40. The van der Waals surface area contributed by atoms with E-state index in [0.717, 1.165) is 64.2 Å². The van der Waals surface area contributed by atoms with Gasteiger partial charge in [0.05, 0.1) is 32.3 Å². The average Bonchev–Trinajstić information content (AvgIpc) is 2.69. The summed E-state index contributed by atoms with van der Waals surface area (Å²) in [4.78, 5) is 0. The van der Waals surface area contributed by atoms with E-state index in [1.54, 1.807) is 0 Å². The van der Waals surface area contributed by atoms with E-state index in [9.17, 15) is 8.78 Å². The van der Waals surface area contributed by atoms with Gasteiger partial charge in [-0.3, -0.25) is 0 Å². The van der Waals surface area contributed by atoms with Crippen molar-refractivity contribution >= 4 is 0 Å². The molecular weight excluding hydrogens is 354 g/mol. The molecule has 6 heteroatoms. The number of hydrogen-bond acceptors (Lipinski definition) is 4. The Labute approximate surface area is 161 Å². The van der Waals surface area contributed by atoms with Crippen LogP contribution in [0, 0.1) is 23.7 Å². The van der Waals surface area contributed by atoms with Gasteiger partial charge in [0.25, 0.3) is 6.08 Å². The fraction of sp³-hybridized carbons (Fsp3) is 0.905. The van der Waals surface area contributed by atoms with E-state index in [4.69, 9.17) is 18.9 Å². The molecule has 0 amide bonds. The van der Waals surface area contributed by atoms with E-state index < -0.39 is 6.08 Å². The van der Waals surface area contributed by atoms with Crippen molar-refractivity contribution in [3.8, 4) is 0 Å². The maximum absolute atomic E-state index is 12.1. The Morgan fingerprint density at radius 2 is 1.37 bits per heavy atom. The van der Waals surface area contributed by atoms with Gasteiger partial charge in [-0.15, -0.1) is 0 Å². The molecule has 0 atom stereocenters. The third-order valence-electron chi connectivity index (χ3n) is 6.17. The summed E-state index contributed by atoms with van der Waals surface area (Å²) >= 11 is 0. The molecule has 3 aliphatic rings. The third-order valence-corrected chi connectivity index (χ3v) is 6.17. The van der Waals surface area contributed by atoms with Crippen molar-refractivity contribution in [1.82, 2.24) is 0 Å². The van der Waals surface area contributed by atoms with Gasteiger partial charge in [-0.2, -0.15) is 8.78 Å². The van der Waals surface area contributed by atoms with Gasteiger partial charge in [-0.25, -0.2) is 0 Å². The van der Waals surface area contributed by atoms with Crippen molar-refractivity contribution in [3.05, 3.63) is 12.2 Å². The Morgan fingerprint density at radius 1 is 0.778 bits per heavy atom. The molecule has 4 nitrogen and oxygen atoms in total. The number of allylic oxidation sites excluding steroid dienone is 1. The van der Waals surface area contributed by atoms with Gasteiger partial charge >= 0.3 is 0 Å². The van der Waals surface area contributed by atoms with Crippen LogP contribution in [0.3, 0.4) is 0 Å². The average molecular weight is 388 g/mol. The lowest BCUT2D eigenvalue weighted by atomic mass is 9.79.